The lowest BCUT2D eigenvalue weighted by atomic mass is 10.2. The molecule has 2 aromatic rings. The molecule has 0 unspecified atom stereocenters. The molecule has 2 N–H and O–H groups in total. The number of H-pyrrole nitrogens is 1. The van der Waals surface area contributed by atoms with E-state index in [-0.39, 0.29) is 17.0 Å². The van der Waals surface area contributed by atoms with Crippen molar-refractivity contribution in [1.82, 2.24) is 4.98 Å². The third-order valence-electron chi connectivity index (χ3n) is 2.07. The van der Waals surface area contributed by atoms with Gasteiger partial charge >= 0.3 is 0 Å². The van der Waals surface area contributed by atoms with Gasteiger partial charge in [0, 0.05) is 12.1 Å². The Hall–Kier alpha value is -2.04. The zero-order valence-corrected chi connectivity index (χ0v) is 7.87. The number of benzene rings is 1. The lowest BCUT2D eigenvalue weighted by molar-refractivity contribution is 0.412. The summed E-state index contributed by atoms with van der Waals surface area (Å²) in [5.74, 6) is -0.593. The van der Waals surface area contributed by atoms with Crippen molar-refractivity contribution in [3.05, 3.63) is 34.4 Å². The molecule has 0 saturated carbocycles. The van der Waals surface area contributed by atoms with Crippen LogP contribution in [0.1, 0.15) is 0 Å². The fraction of sp³-hybridized carbons (Fsp3) is 0.100. The number of methoxy groups -OCH3 is 1. The van der Waals surface area contributed by atoms with Crippen molar-refractivity contribution in [1.29, 1.82) is 0 Å². The highest BCUT2D eigenvalue weighted by atomic mass is 19.1. The summed E-state index contributed by atoms with van der Waals surface area (Å²) in [6.45, 7) is 0. The van der Waals surface area contributed by atoms with Crippen LogP contribution in [0.4, 0.5) is 4.39 Å². The number of aromatic amines is 1. The van der Waals surface area contributed by atoms with E-state index in [0.717, 1.165) is 18.2 Å². The van der Waals surface area contributed by atoms with E-state index in [0.29, 0.717) is 5.39 Å². The van der Waals surface area contributed by atoms with Gasteiger partial charge in [-0.25, -0.2) is 4.39 Å². The lowest BCUT2D eigenvalue weighted by Gasteiger charge is -2.06. The molecular weight excluding hydrogens is 201 g/mol. The zero-order chi connectivity index (χ0) is 11.0. The van der Waals surface area contributed by atoms with Gasteiger partial charge in [-0.3, -0.25) is 4.79 Å². The van der Waals surface area contributed by atoms with Crippen molar-refractivity contribution >= 4 is 10.9 Å². The monoisotopic (exact) mass is 209 g/mol. The summed E-state index contributed by atoms with van der Waals surface area (Å²) in [4.78, 5) is 13.4. The number of aromatic hydroxyl groups is 1. The summed E-state index contributed by atoms with van der Waals surface area (Å²) < 4.78 is 18.0. The summed E-state index contributed by atoms with van der Waals surface area (Å²) in [7, 11) is 1.36. The number of pyridine rings is 1. The predicted octanol–water partition coefficient (Wildman–Crippen LogP) is 1.38. The average molecular weight is 209 g/mol. The summed E-state index contributed by atoms with van der Waals surface area (Å²) in [5.41, 5.74) is -0.287. The molecule has 0 aliphatic rings. The second-order valence-electron chi connectivity index (χ2n) is 3.05. The Morgan fingerprint density at radius 1 is 1.40 bits per heavy atom. The van der Waals surface area contributed by atoms with Crippen LogP contribution in [-0.2, 0) is 0 Å². The Bertz CT molecular complexity index is 577. The van der Waals surface area contributed by atoms with Crippen molar-refractivity contribution in [2.45, 2.75) is 0 Å². The fourth-order valence-corrected chi connectivity index (χ4v) is 1.47. The van der Waals surface area contributed by atoms with E-state index in [1.807, 2.05) is 0 Å². The molecule has 0 aliphatic carbocycles. The molecule has 78 valence electrons. The van der Waals surface area contributed by atoms with Crippen LogP contribution >= 0.6 is 0 Å². The number of hydrogen-bond acceptors (Lipinski definition) is 3. The number of fused-ring (bicyclic) bond motifs is 1. The lowest BCUT2D eigenvalue weighted by Crippen LogP contribution is -2.04. The van der Waals surface area contributed by atoms with Crippen LogP contribution in [0.3, 0.4) is 0 Å². The van der Waals surface area contributed by atoms with Gasteiger partial charge < -0.3 is 14.8 Å². The number of nitrogens with one attached hydrogen (secondary N) is 1. The third kappa shape index (κ3) is 1.52. The summed E-state index contributed by atoms with van der Waals surface area (Å²) in [6, 6.07) is 3.28. The fourth-order valence-electron chi connectivity index (χ4n) is 1.47. The highest BCUT2D eigenvalue weighted by Crippen LogP contribution is 2.31. The van der Waals surface area contributed by atoms with Crippen molar-refractivity contribution in [2.24, 2.45) is 0 Å². The first kappa shape index (κ1) is 9.51. The number of hydrogen-bond donors (Lipinski definition) is 2. The maximum atomic E-state index is 13.1. The maximum absolute atomic E-state index is 13.1. The first-order chi connectivity index (χ1) is 7.11. The molecule has 0 saturated heterocycles. The molecule has 0 atom stereocenters. The van der Waals surface area contributed by atoms with Gasteiger partial charge in [0.05, 0.1) is 18.0 Å². The maximum Gasteiger partial charge on any atom is 0.252 e. The van der Waals surface area contributed by atoms with Crippen molar-refractivity contribution in [3.8, 4) is 11.5 Å². The van der Waals surface area contributed by atoms with Crippen LogP contribution < -0.4 is 10.3 Å². The molecule has 1 heterocycles. The van der Waals surface area contributed by atoms with E-state index in [1.165, 1.54) is 7.11 Å². The smallest absolute Gasteiger partial charge is 0.252 e. The van der Waals surface area contributed by atoms with Gasteiger partial charge in [0.25, 0.3) is 5.56 Å². The minimum absolute atomic E-state index is 0.179. The molecule has 1 aromatic heterocycles. The molecule has 0 amide bonds. The van der Waals surface area contributed by atoms with Gasteiger partial charge in [0.15, 0.2) is 0 Å². The minimum atomic E-state index is -0.541. The molecule has 1 aromatic carbocycles. The quantitative estimate of drug-likeness (QED) is 0.745. The second-order valence-corrected chi connectivity index (χ2v) is 3.05. The third-order valence-corrected chi connectivity index (χ3v) is 2.07. The summed E-state index contributed by atoms with van der Waals surface area (Å²) in [5, 5.41) is 9.82. The number of aromatic nitrogens is 1. The van der Waals surface area contributed by atoms with E-state index >= 15 is 0 Å². The van der Waals surface area contributed by atoms with Gasteiger partial charge in [-0.05, 0) is 6.07 Å². The summed E-state index contributed by atoms with van der Waals surface area (Å²) >= 11 is 0. The average Bonchev–Trinajstić information content (AvgIpc) is 2.14. The van der Waals surface area contributed by atoms with Crippen LogP contribution in [0.2, 0.25) is 0 Å². The van der Waals surface area contributed by atoms with Gasteiger partial charge in [0.2, 0.25) is 0 Å². The Kier molecular flexibility index (Phi) is 2.07. The van der Waals surface area contributed by atoms with Crippen molar-refractivity contribution in [2.75, 3.05) is 7.11 Å². The topological polar surface area (TPSA) is 62.3 Å². The molecule has 0 bridgehead atoms. The van der Waals surface area contributed by atoms with E-state index in [1.54, 1.807) is 0 Å². The van der Waals surface area contributed by atoms with Gasteiger partial charge in [0.1, 0.15) is 17.3 Å². The van der Waals surface area contributed by atoms with E-state index in [9.17, 15) is 14.3 Å². The number of ether oxygens (including phenoxy) is 1. The largest absolute Gasteiger partial charge is 0.507 e. The molecule has 0 aliphatic heterocycles. The van der Waals surface area contributed by atoms with Crippen LogP contribution in [0.15, 0.2) is 23.0 Å². The highest BCUT2D eigenvalue weighted by Gasteiger charge is 2.10. The van der Waals surface area contributed by atoms with E-state index in [4.69, 9.17) is 4.74 Å². The van der Waals surface area contributed by atoms with Crippen LogP contribution in [0, 0.1) is 5.82 Å². The molecule has 0 spiro atoms. The SMILES string of the molecule is COc1cc(F)cc2[nH]c(=O)cc(O)c12. The highest BCUT2D eigenvalue weighted by molar-refractivity contribution is 5.90. The van der Waals surface area contributed by atoms with E-state index in [2.05, 4.69) is 4.98 Å². The van der Waals surface area contributed by atoms with Crippen LogP contribution in [0.25, 0.3) is 10.9 Å². The van der Waals surface area contributed by atoms with Crippen LogP contribution in [0.5, 0.6) is 11.5 Å². The number of halogens is 1. The predicted molar refractivity (Wildman–Crippen MR) is 52.7 cm³/mol. The summed E-state index contributed by atoms with van der Waals surface area (Å²) in [6.07, 6.45) is 0. The molecule has 5 heteroatoms. The molecule has 0 radical (unpaired) electrons. The minimum Gasteiger partial charge on any atom is -0.507 e. The van der Waals surface area contributed by atoms with Gasteiger partial charge in [-0.15, -0.1) is 0 Å². The Morgan fingerprint density at radius 3 is 2.80 bits per heavy atom. The normalized spacial score (nSPS) is 10.5. The Morgan fingerprint density at radius 2 is 2.13 bits per heavy atom. The van der Waals surface area contributed by atoms with Crippen molar-refractivity contribution in [3.63, 3.8) is 0 Å². The number of rotatable bonds is 1. The van der Waals surface area contributed by atoms with Gasteiger partial charge in [-0.1, -0.05) is 0 Å². The molecular formula is C10H8FNO3. The standard InChI is InChI=1S/C10H8FNO3/c1-15-8-3-5(11)2-6-10(8)7(13)4-9(14)12-6/h2-4H,1H3,(H2,12,13,14). The molecule has 4 nitrogen and oxygen atoms in total. The zero-order valence-electron chi connectivity index (χ0n) is 7.87. The second kappa shape index (κ2) is 3.27. The van der Waals surface area contributed by atoms with Crippen LogP contribution in [-0.4, -0.2) is 17.2 Å². The van der Waals surface area contributed by atoms with Crippen molar-refractivity contribution < 1.29 is 14.2 Å². The van der Waals surface area contributed by atoms with Gasteiger partial charge in [-0.2, -0.15) is 0 Å². The van der Waals surface area contributed by atoms with E-state index < -0.39 is 11.4 Å². The molecule has 0 fully saturated rings. The molecule has 2 rings (SSSR count). The first-order valence-corrected chi connectivity index (χ1v) is 4.21. The Balaban J connectivity index is 2.96. The molecule has 15 heavy (non-hydrogen) atoms. The first-order valence-electron chi connectivity index (χ1n) is 4.21. The Labute approximate surface area is 83.9 Å².